The van der Waals surface area contributed by atoms with Gasteiger partial charge in [-0.3, -0.25) is 0 Å². The molecule has 1 unspecified atom stereocenters. The standard InChI is InChI=1S/C10H17N3O3S/c1-7(14)2-3-13-9-4-8(11)5-10(6-9)17(12,15)16/h4-7,13-14H,2-3,11H2,1H3,(H2,12,15,16). The summed E-state index contributed by atoms with van der Waals surface area (Å²) in [5.74, 6) is 0. The van der Waals surface area contributed by atoms with Gasteiger partial charge >= 0.3 is 0 Å². The number of benzene rings is 1. The summed E-state index contributed by atoms with van der Waals surface area (Å²) in [4.78, 5) is -0.0305. The van der Waals surface area contributed by atoms with Gasteiger partial charge in [-0.1, -0.05) is 0 Å². The number of anilines is 2. The number of hydrogen-bond donors (Lipinski definition) is 4. The van der Waals surface area contributed by atoms with Crippen LogP contribution in [0, 0.1) is 0 Å². The van der Waals surface area contributed by atoms with Gasteiger partial charge in [0.05, 0.1) is 11.0 Å². The zero-order valence-electron chi connectivity index (χ0n) is 9.55. The summed E-state index contributed by atoms with van der Waals surface area (Å²) in [5.41, 5.74) is 6.46. The Hall–Kier alpha value is -1.31. The normalized spacial score (nSPS) is 13.4. The molecule has 0 heterocycles. The zero-order chi connectivity index (χ0) is 13.1. The molecule has 1 rings (SSSR count). The molecule has 1 aromatic rings. The monoisotopic (exact) mass is 259 g/mol. The summed E-state index contributed by atoms with van der Waals surface area (Å²) in [6.45, 7) is 2.20. The van der Waals surface area contributed by atoms with Gasteiger partial charge in [-0.2, -0.15) is 0 Å². The van der Waals surface area contributed by atoms with Crippen LogP contribution in [0.3, 0.4) is 0 Å². The highest BCUT2D eigenvalue weighted by atomic mass is 32.2. The second kappa shape index (κ2) is 5.35. The van der Waals surface area contributed by atoms with Crippen LogP contribution in [0.25, 0.3) is 0 Å². The van der Waals surface area contributed by atoms with Gasteiger partial charge in [-0.25, -0.2) is 13.6 Å². The Morgan fingerprint density at radius 1 is 1.41 bits per heavy atom. The van der Waals surface area contributed by atoms with Crippen molar-refractivity contribution < 1.29 is 13.5 Å². The molecule has 96 valence electrons. The molecule has 7 heteroatoms. The van der Waals surface area contributed by atoms with Gasteiger partial charge in [0.1, 0.15) is 0 Å². The van der Waals surface area contributed by atoms with E-state index in [2.05, 4.69) is 5.32 Å². The summed E-state index contributed by atoms with van der Waals surface area (Å²) in [7, 11) is -3.76. The molecule has 6 N–H and O–H groups in total. The fourth-order valence-electron chi connectivity index (χ4n) is 1.31. The first-order valence-electron chi connectivity index (χ1n) is 5.14. The maximum Gasteiger partial charge on any atom is 0.238 e. The van der Waals surface area contributed by atoms with Crippen LogP contribution in [-0.4, -0.2) is 26.2 Å². The van der Waals surface area contributed by atoms with E-state index >= 15 is 0 Å². The molecule has 1 aromatic carbocycles. The summed E-state index contributed by atoms with van der Waals surface area (Å²) in [6, 6.07) is 4.32. The van der Waals surface area contributed by atoms with Crippen molar-refractivity contribution in [2.45, 2.75) is 24.3 Å². The van der Waals surface area contributed by atoms with E-state index in [-0.39, 0.29) is 4.90 Å². The van der Waals surface area contributed by atoms with Crippen molar-refractivity contribution >= 4 is 21.4 Å². The molecule has 0 saturated carbocycles. The smallest absolute Gasteiger partial charge is 0.238 e. The number of primary sulfonamides is 1. The van der Waals surface area contributed by atoms with Gasteiger partial charge < -0.3 is 16.2 Å². The number of nitrogens with one attached hydrogen (secondary N) is 1. The van der Waals surface area contributed by atoms with Crippen LogP contribution in [0.15, 0.2) is 23.1 Å². The Balaban J connectivity index is 2.84. The third kappa shape index (κ3) is 4.59. The highest BCUT2D eigenvalue weighted by Crippen LogP contribution is 2.19. The molecule has 0 radical (unpaired) electrons. The molecule has 0 aliphatic carbocycles. The number of sulfonamides is 1. The Kier molecular flexibility index (Phi) is 4.33. The number of aliphatic hydroxyl groups is 1. The van der Waals surface area contributed by atoms with Crippen molar-refractivity contribution in [2.75, 3.05) is 17.6 Å². The zero-order valence-corrected chi connectivity index (χ0v) is 10.4. The molecule has 0 bridgehead atoms. The Labute approximate surface area is 101 Å². The quantitative estimate of drug-likeness (QED) is 0.559. The van der Waals surface area contributed by atoms with E-state index in [1.807, 2.05) is 0 Å². The molecule has 0 fully saturated rings. The molecule has 0 aromatic heterocycles. The predicted octanol–water partition coefficient (Wildman–Crippen LogP) is 0.0990. The van der Waals surface area contributed by atoms with Crippen molar-refractivity contribution in [2.24, 2.45) is 5.14 Å². The fourth-order valence-corrected chi connectivity index (χ4v) is 1.91. The Morgan fingerprint density at radius 3 is 2.59 bits per heavy atom. The third-order valence-electron chi connectivity index (χ3n) is 2.15. The Morgan fingerprint density at radius 2 is 2.06 bits per heavy atom. The van der Waals surface area contributed by atoms with Crippen molar-refractivity contribution in [1.29, 1.82) is 0 Å². The molecule has 17 heavy (non-hydrogen) atoms. The van der Waals surface area contributed by atoms with Crippen molar-refractivity contribution in [3.63, 3.8) is 0 Å². The first kappa shape index (κ1) is 13.8. The topological polar surface area (TPSA) is 118 Å². The van der Waals surface area contributed by atoms with Gasteiger partial charge in [0.25, 0.3) is 0 Å². The van der Waals surface area contributed by atoms with Crippen LogP contribution in [0.1, 0.15) is 13.3 Å². The lowest BCUT2D eigenvalue weighted by Crippen LogP contribution is -2.14. The second-order valence-corrected chi connectivity index (χ2v) is 5.46. The average molecular weight is 259 g/mol. The minimum atomic E-state index is -3.76. The minimum Gasteiger partial charge on any atom is -0.399 e. The van der Waals surface area contributed by atoms with E-state index in [1.54, 1.807) is 13.0 Å². The van der Waals surface area contributed by atoms with Crippen LogP contribution in [0.4, 0.5) is 11.4 Å². The van der Waals surface area contributed by atoms with E-state index in [0.717, 1.165) is 0 Å². The molecule has 0 aliphatic heterocycles. The highest BCUT2D eigenvalue weighted by molar-refractivity contribution is 7.89. The van der Waals surface area contributed by atoms with Crippen LogP contribution in [-0.2, 0) is 10.0 Å². The molecule has 0 spiro atoms. The molecule has 0 amide bonds. The lowest BCUT2D eigenvalue weighted by molar-refractivity contribution is 0.189. The lowest BCUT2D eigenvalue weighted by Gasteiger charge is -2.10. The van der Waals surface area contributed by atoms with Crippen molar-refractivity contribution in [1.82, 2.24) is 0 Å². The minimum absolute atomic E-state index is 0.0305. The first-order valence-corrected chi connectivity index (χ1v) is 6.69. The molecular formula is C10H17N3O3S. The summed E-state index contributed by atoms with van der Waals surface area (Å²) in [6.07, 6.45) is 0.140. The van der Waals surface area contributed by atoms with Gasteiger partial charge in [0.2, 0.25) is 10.0 Å². The molecule has 1 atom stereocenters. The van der Waals surface area contributed by atoms with Crippen LogP contribution >= 0.6 is 0 Å². The SMILES string of the molecule is CC(O)CCNc1cc(N)cc(S(N)(=O)=O)c1. The second-order valence-electron chi connectivity index (χ2n) is 3.90. The third-order valence-corrected chi connectivity index (χ3v) is 3.04. The largest absolute Gasteiger partial charge is 0.399 e. The number of hydrogen-bond acceptors (Lipinski definition) is 5. The summed E-state index contributed by atoms with van der Waals surface area (Å²) >= 11 is 0. The van der Waals surface area contributed by atoms with Gasteiger partial charge in [0, 0.05) is 17.9 Å². The maximum atomic E-state index is 11.2. The predicted molar refractivity (Wildman–Crippen MR) is 67.0 cm³/mol. The Bertz CT molecular complexity index is 486. The van der Waals surface area contributed by atoms with Gasteiger partial charge in [-0.05, 0) is 31.5 Å². The summed E-state index contributed by atoms with van der Waals surface area (Å²) < 4.78 is 22.3. The lowest BCUT2D eigenvalue weighted by atomic mass is 10.2. The number of aliphatic hydroxyl groups excluding tert-OH is 1. The molecule has 0 aliphatic rings. The number of nitrogens with two attached hydrogens (primary N) is 2. The molecule has 0 saturated heterocycles. The van der Waals surface area contributed by atoms with E-state index < -0.39 is 16.1 Å². The van der Waals surface area contributed by atoms with E-state index in [4.69, 9.17) is 16.0 Å². The number of rotatable bonds is 5. The van der Waals surface area contributed by atoms with Crippen molar-refractivity contribution in [3.8, 4) is 0 Å². The first-order chi connectivity index (χ1) is 7.79. The van der Waals surface area contributed by atoms with Crippen molar-refractivity contribution in [3.05, 3.63) is 18.2 Å². The van der Waals surface area contributed by atoms with Crippen LogP contribution in [0.5, 0.6) is 0 Å². The van der Waals surface area contributed by atoms with E-state index in [0.29, 0.717) is 24.3 Å². The van der Waals surface area contributed by atoms with Crippen LogP contribution < -0.4 is 16.2 Å². The van der Waals surface area contributed by atoms with E-state index in [1.165, 1.54) is 12.1 Å². The van der Waals surface area contributed by atoms with E-state index in [9.17, 15) is 8.42 Å². The molecule has 6 nitrogen and oxygen atoms in total. The molecular weight excluding hydrogens is 242 g/mol. The van der Waals surface area contributed by atoms with Gasteiger partial charge in [-0.15, -0.1) is 0 Å². The summed E-state index contributed by atoms with van der Waals surface area (Å²) in [5, 5.41) is 17.1. The average Bonchev–Trinajstić information content (AvgIpc) is 2.14. The number of nitrogen functional groups attached to an aromatic ring is 1. The van der Waals surface area contributed by atoms with Crippen LogP contribution in [0.2, 0.25) is 0 Å². The fraction of sp³-hybridized carbons (Fsp3) is 0.400. The maximum absolute atomic E-state index is 11.2. The van der Waals surface area contributed by atoms with Gasteiger partial charge in [0.15, 0.2) is 0 Å². The highest BCUT2D eigenvalue weighted by Gasteiger charge is 2.09.